The number of unbranched alkanes of at least 4 members (excludes halogenated alkanes) is 14. The maximum absolute atomic E-state index is 2.42. The second kappa shape index (κ2) is 19.2. The normalized spacial score (nSPS) is 12.5. The number of nitrogens with zero attached hydrogens (tertiary/aromatic N) is 1. The first kappa shape index (κ1) is 29.5. The summed E-state index contributed by atoms with van der Waals surface area (Å²) >= 11 is 0. The molecule has 176 valence electrons. The molecule has 0 bridgehead atoms. The smallest absolute Gasteiger partial charge is 0.114 e. The Morgan fingerprint density at radius 1 is 0.600 bits per heavy atom. The number of benzene rings is 1. The summed E-state index contributed by atoms with van der Waals surface area (Å²) < 4.78 is 1.12. The maximum Gasteiger partial charge on any atom is 0.114 e. The maximum atomic E-state index is 2.42. The highest BCUT2D eigenvalue weighted by molar-refractivity contribution is 5.17. The molecular weight excluding hydrogens is 386 g/mol. The Kier molecular flexibility index (Phi) is 18.8. The summed E-state index contributed by atoms with van der Waals surface area (Å²) in [6, 6.07) is 11.7. The van der Waals surface area contributed by atoms with Crippen LogP contribution >= 0.6 is 0 Å². The summed E-state index contributed by atoms with van der Waals surface area (Å²) in [6.07, 6.45) is 22.9. The van der Waals surface area contributed by atoms with E-state index in [9.17, 15) is 0 Å². The van der Waals surface area contributed by atoms with Crippen LogP contribution in [0.4, 0.5) is 0 Å². The summed E-state index contributed by atoms with van der Waals surface area (Å²) in [5.74, 6) is 0. The van der Waals surface area contributed by atoms with E-state index < -0.39 is 0 Å². The minimum Gasteiger partial charge on any atom is -1.00 e. The fourth-order valence-corrected chi connectivity index (χ4v) is 4.86. The van der Waals surface area contributed by atoms with Crippen LogP contribution in [0, 0.1) is 0 Å². The zero-order valence-corrected chi connectivity index (χ0v) is 21.6. The number of hydrogen-bond donors (Lipinski definition) is 0. The van der Waals surface area contributed by atoms with Gasteiger partial charge in [-0.3, -0.25) is 0 Å². The predicted octanol–water partition coefficient (Wildman–Crippen LogP) is 6.09. The molecule has 2 heteroatoms. The van der Waals surface area contributed by atoms with E-state index in [-0.39, 0.29) is 12.4 Å². The Morgan fingerprint density at radius 3 is 1.40 bits per heavy atom. The molecule has 0 N–H and O–H groups in total. The van der Waals surface area contributed by atoms with Gasteiger partial charge in [0, 0.05) is 12.0 Å². The molecule has 0 aliphatic rings. The lowest BCUT2D eigenvalue weighted by molar-refractivity contribution is -0.921. The van der Waals surface area contributed by atoms with Crippen LogP contribution in [0.3, 0.4) is 0 Å². The van der Waals surface area contributed by atoms with E-state index >= 15 is 0 Å². The molecule has 0 radical (unpaired) electrons. The van der Waals surface area contributed by atoms with Crippen LogP contribution in [0.2, 0.25) is 0 Å². The number of halogens is 1. The van der Waals surface area contributed by atoms with Crippen LogP contribution in [-0.4, -0.2) is 25.1 Å². The zero-order valence-electron chi connectivity index (χ0n) is 20.8. The second-order valence-electron chi connectivity index (χ2n) is 9.79. The first-order valence-corrected chi connectivity index (χ1v) is 13.0. The van der Waals surface area contributed by atoms with Crippen molar-refractivity contribution in [2.45, 2.75) is 123 Å². The molecule has 0 saturated heterocycles. The van der Waals surface area contributed by atoms with E-state index in [1.165, 1.54) is 115 Å². The van der Waals surface area contributed by atoms with Gasteiger partial charge in [-0.15, -0.1) is 0 Å². The molecule has 1 atom stereocenters. The SMILES string of the molecule is CCCCCCCCCCCCCCCCC[N+](C)(C)C(CC)c1ccccc1.[Cl-]. The largest absolute Gasteiger partial charge is 1.00 e. The van der Waals surface area contributed by atoms with Crippen molar-refractivity contribution in [2.24, 2.45) is 0 Å². The molecule has 0 saturated carbocycles. The van der Waals surface area contributed by atoms with Gasteiger partial charge >= 0.3 is 0 Å². The minimum atomic E-state index is 0. The Bertz CT molecular complexity index is 471. The Labute approximate surface area is 196 Å². The molecule has 1 rings (SSSR count). The van der Waals surface area contributed by atoms with Gasteiger partial charge in [0.05, 0.1) is 20.6 Å². The minimum absolute atomic E-state index is 0. The second-order valence-corrected chi connectivity index (χ2v) is 9.79. The molecule has 0 aliphatic carbocycles. The predicted molar refractivity (Wildman–Crippen MR) is 131 cm³/mol. The molecule has 0 amide bonds. The standard InChI is InChI=1S/C28H52N.ClH/c1-5-7-8-9-10-11-12-13-14-15-16-17-18-19-23-26-29(3,4)28(6-2)27-24-21-20-22-25-27;/h20-22,24-25,28H,5-19,23,26H2,1-4H3;1H/q+1;/p-1. The van der Waals surface area contributed by atoms with E-state index in [0.29, 0.717) is 6.04 Å². The first-order valence-electron chi connectivity index (χ1n) is 13.0. The highest BCUT2D eigenvalue weighted by atomic mass is 35.5. The van der Waals surface area contributed by atoms with Crippen molar-refractivity contribution >= 4 is 0 Å². The third-order valence-electron chi connectivity index (χ3n) is 6.75. The lowest BCUT2D eigenvalue weighted by Crippen LogP contribution is -3.00. The molecule has 0 aliphatic heterocycles. The van der Waals surface area contributed by atoms with Gasteiger partial charge in [-0.25, -0.2) is 0 Å². The van der Waals surface area contributed by atoms with Crippen LogP contribution in [0.15, 0.2) is 30.3 Å². The molecule has 1 nitrogen and oxygen atoms in total. The number of rotatable bonds is 19. The highest BCUT2D eigenvalue weighted by Crippen LogP contribution is 2.28. The van der Waals surface area contributed by atoms with Crippen LogP contribution in [0.1, 0.15) is 128 Å². The third-order valence-corrected chi connectivity index (χ3v) is 6.75. The Balaban J connectivity index is 0.00000841. The van der Waals surface area contributed by atoms with Gasteiger partial charge in [0.2, 0.25) is 0 Å². The van der Waals surface area contributed by atoms with Crippen LogP contribution in [0.25, 0.3) is 0 Å². The van der Waals surface area contributed by atoms with Gasteiger partial charge in [-0.2, -0.15) is 0 Å². The first-order chi connectivity index (χ1) is 14.1. The summed E-state index contributed by atoms with van der Waals surface area (Å²) in [5.41, 5.74) is 1.50. The van der Waals surface area contributed by atoms with Crippen LogP contribution in [0.5, 0.6) is 0 Å². The molecule has 0 spiro atoms. The third kappa shape index (κ3) is 13.7. The molecule has 0 fully saturated rings. The highest BCUT2D eigenvalue weighted by Gasteiger charge is 2.27. The zero-order chi connectivity index (χ0) is 21.2. The molecule has 1 unspecified atom stereocenters. The van der Waals surface area contributed by atoms with Gasteiger partial charge in [0.1, 0.15) is 6.04 Å². The van der Waals surface area contributed by atoms with Crippen LogP contribution in [-0.2, 0) is 0 Å². The van der Waals surface area contributed by atoms with Gasteiger partial charge in [-0.05, 0) is 12.8 Å². The summed E-state index contributed by atoms with van der Waals surface area (Å²) in [7, 11) is 4.84. The molecule has 0 aromatic heterocycles. The molecule has 1 aromatic rings. The van der Waals surface area contributed by atoms with Crippen molar-refractivity contribution < 1.29 is 16.9 Å². The molecule has 30 heavy (non-hydrogen) atoms. The fourth-order valence-electron chi connectivity index (χ4n) is 4.86. The number of hydrogen-bond acceptors (Lipinski definition) is 0. The van der Waals surface area contributed by atoms with Gasteiger partial charge < -0.3 is 16.9 Å². The van der Waals surface area contributed by atoms with E-state index in [2.05, 4.69) is 58.3 Å². The van der Waals surface area contributed by atoms with Crippen molar-refractivity contribution in [1.82, 2.24) is 0 Å². The van der Waals surface area contributed by atoms with Crippen molar-refractivity contribution in [3.8, 4) is 0 Å². The van der Waals surface area contributed by atoms with Gasteiger partial charge in [0.25, 0.3) is 0 Å². The fraction of sp³-hybridized carbons (Fsp3) is 0.786. The average Bonchev–Trinajstić information content (AvgIpc) is 2.72. The van der Waals surface area contributed by atoms with E-state index in [1.807, 2.05) is 0 Å². The average molecular weight is 438 g/mol. The van der Waals surface area contributed by atoms with Crippen LogP contribution < -0.4 is 12.4 Å². The lowest BCUT2D eigenvalue weighted by Gasteiger charge is -2.38. The van der Waals surface area contributed by atoms with Crippen molar-refractivity contribution in [2.75, 3.05) is 20.6 Å². The molecule has 0 heterocycles. The van der Waals surface area contributed by atoms with Crippen molar-refractivity contribution in [3.63, 3.8) is 0 Å². The van der Waals surface area contributed by atoms with E-state index in [4.69, 9.17) is 0 Å². The topological polar surface area (TPSA) is 0 Å². The van der Waals surface area contributed by atoms with E-state index in [0.717, 1.165) is 4.48 Å². The van der Waals surface area contributed by atoms with Crippen molar-refractivity contribution in [1.29, 1.82) is 0 Å². The van der Waals surface area contributed by atoms with E-state index in [1.54, 1.807) is 0 Å². The monoisotopic (exact) mass is 437 g/mol. The number of quaternary nitrogens is 1. The molecule has 1 aromatic carbocycles. The Hall–Kier alpha value is -0.530. The van der Waals surface area contributed by atoms with Gasteiger partial charge in [-0.1, -0.05) is 128 Å². The quantitative estimate of drug-likeness (QED) is 0.181. The lowest BCUT2D eigenvalue weighted by atomic mass is 10.00. The Morgan fingerprint density at radius 2 is 1.00 bits per heavy atom. The summed E-state index contributed by atoms with van der Waals surface area (Å²) in [6.45, 7) is 5.93. The summed E-state index contributed by atoms with van der Waals surface area (Å²) in [4.78, 5) is 0. The summed E-state index contributed by atoms with van der Waals surface area (Å²) in [5, 5.41) is 0. The van der Waals surface area contributed by atoms with Crippen molar-refractivity contribution in [3.05, 3.63) is 35.9 Å². The van der Waals surface area contributed by atoms with Gasteiger partial charge in [0.15, 0.2) is 0 Å². The molecular formula is C28H52ClN.